The molecule has 5 rings (SSSR count). The molecule has 7 heteroatoms. The van der Waals surface area contributed by atoms with Gasteiger partial charge in [0.1, 0.15) is 11.9 Å². The highest BCUT2D eigenvalue weighted by molar-refractivity contribution is 6.11. The second kappa shape index (κ2) is 8.94. The summed E-state index contributed by atoms with van der Waals surface area (Å²) in [7, 11) is 0. The molecule has 1 aromatic carbocycles. The van der Waals surface area contributed by atoms with Crippen molar-refractivity contribution < 1.29 is 23.5 Å². The average molecular weight is 443 g/mol. The number of hydrogen-bond acceptors (Lipinski definition) is 5. The van der Waals surface area contributed by atoms with Crippen LogP contribution in [0.2, 0.25) is 0 Å². The van der Waals surface area contributed by atoms with Crippen LogP contribution >= 0.6 is 0 Å². The Bertz CT molecular complexity index is 926. The first kappa shape index (κ1) is 21.6. The third kappa shape index (κ3) is 3.97. The molecule has 1 aromatic rings. The van der Waals surface area contributed by atoms with E-state index >= 15 is 0 Å². The van der Waals surface area contributed by atoms with Crippen LogP contribution in [-0.4, -0.2) is 67.0 Å². The molecule has 0 bridgehead atoms. The summed E-state index contributed by atoms with van der Waals surface area (Å²) in [5, 5.41) is 0. The van der Waals surface area contributed by atoms with Crippen LogP contribution in [0.1, 0.15) is 44.2 Å². The van der Waals surface area contributed by atoms with Crippen molar-refractivity contribution in [3.8, 4) is 0 Å². The lowest BCUT2D eigenvalue weighted by Gasteiger charge is -2.37. The zero-order valence-corrected chi connectivity index (χ0v) is 18.6. The molecule has 1 saturated carbocycles. The van der Waals surface area contributed by atoms with E-state index < -0.39 is 6.04 Å². The predicted molar refractivity (Wildman–Crippen MR) is 116 cm³/mol. The van der Waals surface area contributed by atoms with Crippen LogP contribution in [0.15, 0.2) is 35.6 Å². The average Bonchev–Trinajstić information content (AvgIpc) is 3.07. The zero-order valence-electron chi connectivity index (χ0n) is 18.6. The van der Waals surface area contributed by atoms with Crippen molar-refractivity contribution in [1.82, 2.24) is 9.80 Å². The monoisotopic (exact) mass is 442 g/mol. The highest BCUT2D eigenvalue weighted by atomic mass is 19.1. The van der Waals surface area contributed by atoms with Crippen LogP contribution < -0.4 is 0 Å². The summed E-state index contributed by atoms with van der Waals surface area (Å²) in [6.45, 7) is 6.74. The van der Waals surface area contributed by atoms with Crippen LogP contribution in [0.3, 0.4) is 0 Å². The molecule has 32 heavy (non-hydrogen) atoms. The lowest BCUT2D eigenvalue weighted by atomic mass is 9.74. The number of ether oxygens (including phenoxy) is 2. The maximum Gasteiger partial charge on any atom is 0.290 e. The van der Waals surface area contributed by atoms with Gasteiger partial charge in [-0.1, -0.05) is 19.1 Å². The van der Waals surface area contributed by atoms with Gasteiger partial charge < -0.3 is 14.4 Å². The maximum absolute atomic E-state index is 14.1. The Morgan fingerprint density at radius 2 is 1.94 bits per heavy atom. The molecule has 0 aromatic heterocycles. The first-order valence-corrected chi connectivity index (χ1v) is 11.8. The van der Waals surface area contributed by atoms with E-state index in [9.17, 15) is 14.0 Å². The van der Waals surface area contributed by atoms with E-state index in [4.69, 9.17) is 9.47 Å². The van der Waals surface area contributed by atoms with Gasteiger partial charge in [-0.15, -0.1) is 0 Å². The molecule has 172 valence electrons. The number of amides is 1. The molecule has 1 amide bonds. The number of Topliss-reactive ketones (excluding diaryl/α,β-unsaturated/α-hetero) is 1. The molecule has 4 unspecified atom stereocenters. The lowest BCUT2D eigenvalue weighted by molar-refractivity contribution is -0.136. The van der Waals surface area contributed by atoms with Crippen LogP contribution in [0.25, 0.3) is 0 Å². The predicted octanol–water partition coefficient (Wildman–Crippen LogP) is 3.09. The first-order valence-electron chi connectivity index (χ1n) is 11.8. The molecule has 0 N–H and O–H groups in total. The van der Waals surface area contributed by atoms with E-state index in [1.807, 2.05) is 0 Å². The summed E-state index contributed by atoms with van der Waals surface area (Å²) in [5.74, 6) is -0.144. The minimum Gasteiger partial charge on any atom is -0.483 e. The van der Waals surface area contributed by atoms with Crippen molar-refractivity contribution in [1.29, 1.82) is 0 Å². The van der Waals surface area contributed by atoms with Crippen LogP contribution in [-0.2, 0) is 19.1 Å². The van der Waals surface area contributed by atoms with E-state index in [1.165, 1.54) is 12.1 Å². The Labute approximate surface area is 188 Å². The number of nitrogens with zero attached hydrogens (tertiary/aromatic N) is 2. The molecular formula is C25H31FN2O4. The summed E-state index contributed by atoms with van der Waals surface area (Å²) in [4.78, 5) is 31.1. The van der Waals surface area contributed by atoms with Crippen molar-refractivity contribution in [3.63, 3.8) is 0 Å². The normalized spacial score (nSPS) is 30.9. The van der Waals surface area contributed by atoms with Gasteiger partial charge in [-0.2, -0.15) is 0 Å². The second-order valence-electron chi connectivity index (χ2n) is 9.55. The molecular weight excluding hydrogens is 411 g/mol. The van der Waals surface area contributed by atoms with Crippen molar-refractivity contribution in [2.45, 2.75) is 44.8 Å². The summed E-state index contributed by atoms with van der Waals surface area (Å²) in [6, 6.07) is 5.68. The summed E-state index contributed by atoms with van der Waals surface area (Å²) < 4.78 is 25.7. The second-order valence-corrected chi connectivity index (χ2v) is 9.55. The quantitative estimate of drug-likeness (QED) is 0.702. The van der Waals surface area contributed by atoms with Crippen molar-refractivity contribution >= 4 is 11.7 Å². The van der Waals surface area contributed by atoms with Crippen LogP contribution in [0, 0.1) is 17.7 Å². The molecule has 1 saturated heterocycles. The lowest BCUT2D eigenvalue weighted by Crippen LogP contribution is -2.41. The Morgan fingerprint density at radius 3 is 2.72 bits per heavy atom. The fourth-order valence-corrected chi connectivity index (χ4v) is 5.67. The van der Waals surface area contributed by atoms with Gasteiger partial charge >= 0.3 is 0 Å². The van der Waals surface area contributed by atoms with Gasteiger partial charge in [0, 0.05) is 26.2 Å². The largest absolute Gasteiger partial charge is 0.483 e. The van der Waals surface area contributed by atoms with Gasteiger partial charge in [-0.25, -0.2) is 4.39 Å². The molecule has 0 radical (unpaired) electrons. The molecule has 1 aliphatic carbocycles. The van der Waals surface area contributed by atoms with Gasteiger partial charge in [0.15, 0.2) is 11.5 Å². The zero-order chi connectivity index (χ0) is 22.2. The molecule has 3 aliphatic heterocycles. The van der Waals surface area contributed by atoms with E-state index in [2.05, 4.69) is 11.8 Å². The topological polar surface area (TPSA) is 59.1 Å². The number of fused-ring (bicyclic) bond motifs is 1. The molecule has 0 spiro atoms. The van der Waals surface area contributed by atoms with Crippen LogP contribution in [0.5, 0.6) is 0 Å². The van der Waals surface area contributed by atoms with E-state index in [-0.39, 0.29) is 35.3 Å². The molecule has 4 atom stereocenters. The maximum atomic E-state index is 14.1. The van der Waals surface area contributed by atoms with Crippen molar-refractivity contribution in [2.75, 3.05) is 39.4 Å². The van der Waals surface area contributed by atoms with Gasteiger partial charge in [-0.3, -0.25) is 14.5 Å². The number of hydrogen-bond donors (Lipinski definition) is 0. The Hall–Kier alpha value is -2.25. The number of halogens is 1. The van der Waals surface area contributed by atoms with Crippen LogP contribution in [0.4, 0.5) is 4.39 Å². The van der Waals surface area contributed by atoms with Crippen molar-refractivity contribution in [3.05, 3.63) is 47.0 Å². The Balaban J connectivity index is 1.42. The van der Waals surface area contributed by atoms with E-state index in [0.29, 0.717) is 23.6 Å². The standard InChI is InChI=1S/C25H31FN2O4/c1-16-6-7-20-19(14-16)23(29)21-22(17-4-2-5-18(26)15-17)28(25(30)24(21)32-20)9-3-8-27-10-12-31-13-11-27/h2,4-5,15-16,19-20,22H,3,6-14H2,1H3. The third-order valence-corrected chi connectivity index (χ3v) is 7.35. The summed E-state index contributed by atoms with van der Waals surface area (Å²) in [6.07, 6.45) is 3.13. The third-order valence-electron chi connectivity index (χ3n) is 7.35. The molecule has 4 aliphatic rings. The highest BCUT2D eigenvalue weighted by Crippen LogP contribution is 2.47. The van der Waals surface area contributed by atoms with Gasteiger partial charge in [0.05, 0.1) is 30.7 Å². The Kier molecular flexibility index (Phi) is 6.03. The number of morpholine rings is 1. The number of carbonyl (C=O) groups excluding carboxylic acids is 2. The minimum atomic E-state index is -0.580. The molecule has 3 heterocycles. The highest BCUT2D eigenvalue weighted by Gasteiger charge is 2.52. The van der Waals surface area contributed by atoms with Gasteiger partial charge in [0.2, 0.25) is 0 Å². The van der Waals surface area contributed by atoms with E-state index in [0.717, 1.165) is 58.5 Å². The minimum absolute atomic E-state index is 0.0149. The fourth-order valence-electron chi connectivity index (χ4n) is 5.67. The number of rotatable bonds is 5. The van der Waals surface area contributed by atoms with Gasteiger partial charge in [-0.05, 0) is 49.3 Å². The number of ketones is 1. The van der Waals surface area contributed by atoms with Gasteiger partial charge in [0.25, 0.3) is 5.91 Å². The van der Waals surface area contributed by atoms with E-state index in [1.54, 1.807) is 17.0 Å². The summed E-state index contributed by atoms with van der Waals surface area (Å²) >= 11 is 0. The Morgan fingerprint density at radius 1 is 1.12 bits per heavy atom. The first-order chi connectivity index (χ1) is 15.5. The van der Waals surface area contributed by atoms with Crippen molar-refractivity contribution in [2.24, 2.45) is 11.8 Å². The number of carbonyl (C=O) groups is 2. The summed E-state index contributed by atoms with van der Waals surface area (Å²) in [5.41, 5.74) is 1.07. The fraction of sp³-hybridized carbons (Fsp3) is 0.600. The molecule has 6 nitrogen and oxygen atoms in total. The molecule has 2 fully saturated rings. The smallest absolute Gasteiger partial charge is 0.290 e. The SMILES string of the molecule is CC1CCC2OC3=C(C(=O)C2C1)C(c1cccc(F)c1)N(CCCN1CCOCC1)C3=O. The number of benzene rings is 1.